The van der Waals surface area contributed by atoms with Crippen LogP contribution in [0.3, 0.4) is 0 Å². The number of hydrogen-bond donors (Lipinski definition) is 2. The van der Waals surface area contributed by atoms with E-state index in [0.29, 0.717) is 29.0 Å². The summed E-state index contributed by atoms with van der Waals surface area (Å²) in [6.07, 6.45) is -0.106. The van der Waals surface area contributed by atoms with E-state index in [9.17, 15) is 9.59 Å². The van der Waals surface area contributed by atoms with Crippen molar-refractivity contribution in [3.63, 3.8) is 0 Å². The van der Waals surface area contributed by atoms with Gasteiger partial charge in [0.05, 0.1) is 0 Å². The van der Waals surface area contributed by atoms with Gasteiger partial charge in [-0.3, -0.25) is 9.59 Å². The van der Waals surface area contributed by atoms with Gasteiger partial charge in [-0.05, 0) is 62.1 Å². The Bertz CT molecular complexity index is 800. The van der Waals surface area contributed by atoms with Gasteiger partial charge in [-0.1, -0.05) is 25.1 Å². The van der Waals surface area contributed by atoms with Crippen molar-refractivity contribution < 1.29 is 14.3 Å². The first-order chi connectivity index (χ1) is 11.8. The number of primary amides is 1. The summed E-state index contributed by atoms with van der Waals surface area (Å²) in [4.78, 5) is 24.1. The Morgan fingerprint density at radius 3 is 2.40 bits per heavy atom. The Balaban J connectivity index is 2.19. The van der Waals surface area contributed by atoms with E-state index < -0.39 is 12.0 Å². The summed E-state index contributed by atoms with van der Waals surface area (Å²) in [5, 5.41) is 2.84. The molecule has 3 N–H and O–H groups in total. The minimum atomic E-state index is -0.628. The SMILES string of the molecule is CCC(Oc1cccc(C)c1C)C(=O)Nc1cccc(C(N)=O)c1C. The van der Waals surface area contributed by atoms with Crippen LogP contribution >= 0.6 is 0 Å². The molecule has 2 amide bonds. The predicted molar refractivity (Wildman–Crippen MR) is 98.9 cm³/mol. The van der Waals surface area contributed by atoms with E-state index in [1.54, 1.807) is 25.1 Å². The van der Waals surface area contributed by atoms with Gasteiger partial charge in [0.25, 0.3) is 5.91 Å². The zero-order valence-electron chi connectivity index (χ0n) is 15.1. The maximum atomic E-state index is 12.6. The highest BCUT2D eigenvalue weighted by atomic mass is 16.5. The maximum absolute atomic E-state index is 12.6. The van der Waals surface area contributed by atoms with E-state index in [2.05, 4.69) is 5.32 Å². The number of aryl methyl sites for hydroxylation is 1. The number of amides is 2. The van der Waals surface area contributed by atoms with Crippen LogP contribution in [0.4, 0.5) is 5.69 Å². The Kier molecular flexibility index (Phi) is 5.80. The first-order valence-electron chi connectivity index (χ1n) is 8.28. The molecule has 132 valence electrons. The molecule has 25 heavy (non-hydrogen) atoms. The normalized spacial score (nSPS) is 11.7. The fourth-order valence-corrected chi connectivity index (χ4v) is 2.58. The van der Waals surface area contributed by atoms with Crippen LogP contribution in [-0.2, 0) is 4.79 Å². The number of benzene rings is 2. The summed E-state index contributed by atoms with van der Waals surface area (Å²) in [6.45, 7) is 7.61. The molecule has 0 spiro atoms. The molecular formula is C20H24N2O3. The van der Waals surface area contributed by atoms with Crippen molar-refractivity contribution in [2.45, 2.75) is 40.2 Å². The summed E-state index contributed by atoms with van der Waals surface area (Å²) in [5.74, 6) is -0.0787. The number of carbonyl (C=O) groups excluding carboxylic acids is 2. The topological polar surface area (TPSA) is 81.4 Å². The van der Waals surface area contributed by atoms with Gasteiger partial charge in [0.1, 0.15) is 5.75 Å². The molecule has 0 aliphatic carbocycles. The van der Waals surface area contributed by atoms with E-state index in [4.69, 9.17) is 10.5 Å². The summed E-state index contributed by atoms with van der Waals surface area (Å²) in [7, 11) is 0. The fourth-order valence-electron chi connectivity index (χ4n) is 2.58. The van der Waals surface area contributed by atoms with Crippen molar-refractivity contribution in [3.8, 4) is 5.75 Å². The average Bonchev–Trinajstić information content (AvgIpc) is 2.57. The Labute approximate surface area is 148 Å². The average molecular weight is 340 g/mol. The minimum Gasteiger partial charge on any atom is -0.480 e. The predicted octanol–water partition coefficient (Wildman–Crippen LogP) is 3.51. The van der Waals surface area contributed by atoms with Gasteiger partial charge in [0, 0.05) is 11.3 Å². The van der Waals surface area contributed by atoms with Crippen LogP contribution in [-0.4, -0.2) is 17.9 Å². The number of rotatable bonds is 6. The van der Waals surface area contributed by atoms with Gasteiger partial charge in [0.15, 0.2) is 6.10 Å². The Hall–Kier alpha value is -2.82. The zero-order chi connectivity index (χ0) is 18.6. The second-order valence-corrected chi connectivity index (χ2v) is 6.04. The molecule has 1 atom stereocenters. The standard InChI is InChI=1S/C20H24N2O3/c1-5-17(25-18-11-6-8-12(2)13(18)3)20(24)22-16-10-7-9-15(14(16)4)19(21)23/h6-11,17H,5H2,1-4H3,(H2,21,23)(H,22,24). The number of carbonyl (C=O) groups is 2. The summed E-state index contributed by atoms with van der Waals surface area (Å²) >= 11 is 0. The van der Waals surface area contributed by atoms with E-state index in [1.807, 2.05) is 39.0 Å². The van der Waals surface area contributed by atoms with Crippen LogP contribution in [0.25, 0.3) is 0 Å². The molecular weight excluding hydrogens is 316 g/mol. The molecule has 0 aromatic heterocycles. The Morgan fingerprint density at radius 1 is 1.08 bits per heavy atom. The minimum absolute atomic E-state index is 0.256. The van der Waals surface area contributed by atoms with Crippen LogP contribution < -0.4 is 15.8 Å². The van der Waals surface area contributed by atoms with Gasteiger partial charge in [-0.15, -0.1) is 0 Å². The van der Waals surface area contributed by atoms with Crippen molar-refractivity contribution >= 4 is 17.5 Å². The van der Waals surface area contributed by atoms with E-state index in [0.717, 1.165) is 11.1 Å². The number of hydrogen-bond acceptors (Lipinski definition) is 3. The van der Waals surface area contributed by atoms with E-state index >= 15 is 0 Å². The first-order valence-corrected chi connectivity index (χ1v) is 8.28. The highest BCUT2D eigenvalue weighted by Gasteiger charge is 2.21. The zero-order valence-corrected chi connectivity index (χ0v) is 15.1. The lowest BCUT2D eigenvalue weighted by atomic mass is 10.1. The lowest BCUT2D eigenvalue weighted by molar-refractivity contribution is -0.122. The second kappa shape index (κ2) is 7.83. The van der Waals surface area contributed by atoms with Crippen LogP contribution in [0.1, 0.15) is 40.4 Å². The number of nitrogens with one attached hydrogen (secondary N) is 1. The van der Waals surface area contributed by atoms with Gasteiger partial charge in [0.2, 0.25) is 5.91 Å². The lowest BCUT2D eigenvalue weighted by Crippen LogP contribution is -2.33. The molecule has 2 aromatic rings. The molecule has 0 bridgehead atoms. The van der Waals surface area contributed by atoms with Gasteiger partial charge >= 0.3 is 0 Å². The maximum Gasteiger partial charge on any atom is 0.265 e. The number of nitrogens with two attached hydrogens (primary N) is 1. The van der Waals surface area contributed by atoms with Crippen LogP contribution in [0, 0.1) is 20.8 Å². The number of anilines is 1. The molecule has 0 aliphatic rings. The van der Waals surface area contributed by atoms with Gasteiger partial charge < -0.3 is 15.8 Å². The lowest BCUT2D eigenvalue weighted by Gasteiger charge is -2.20. The van der Waals surface area contributed by atoms with Crippen molar-refractivity contribution in [1.82, 2.24) is 0 Å². The highest BCUT2D eigenvalue weighted by molar-refractivity contribution is 5.99. The summed E-state index contributed by atoms with van der Waals surface area (Å²) < 4.78 is 5.92. The third-order valence-electron chi connectivity index (χ3n) is 4.34. The second-order valence-electron chi connectivity index (χ2n) is 6.04. The van der Waals surface area contributed by atoms with E-state index in [-0.39, 0.29) is 5.91 Å². The molecule has 5 heteroatoms. The molecule has 0 saturated heterocycles. The largest absolute Gasteiger partial charge is 0.480 e. The van der Waals surface area contributed by atoms with Crippen molar-refractivity contribution in [3.05, 3.63) is 58.7 Å². The fraction of sp³-hybridized carbons (Fsp3) is 0.300. The molecule has 1 unspecified atom stereocenters. The first kappa shape index (κ1) is 18.5. The highest BCUT2D eigenvalue weighted by Crippen LogP contribution is 2.24. The van der Waals surface area contributed by atoms with Crippen LogP contribution in [0.5, 0.6) is 5.75 Å². The van der Waals surface area contributed by atoms with Crippen LogP contribution in [0.2, 0.25) is 0 Å². The molecule has 2 rings (SSSR count). The molecule has 0 aliphatic heterocycles. The van der Waals surface area contributed by atoms with Gasteiger partial charge in [-0.2, -0.15) is 0 Å². The molecule has 0 heterocycles. The molecule has 0 saturated carbocycles. The van der Waals surface area contributed by atoms with Gasteiger partial charge in [-0.25, -0.2) is 0 Å². The van der Waals surface area contributed by atoms with Crippen molar-refractivity contribution in [1.29, 1.82) is 0 Å². The quantitative estimate of drug-likeness (QED) is 0.844. The monoisotopic (exact) mass is 340 g/mol. The smallest absolute Gasteiger partial charge is 0.265 e. The third kappa shape index (κ3) is 4.18. The molecule has 0 radical (unpaired) electrons. The molecule has 0 fully saturated rings. The van der Waals surface area contributed by atoms with Crippen LogP contribution in [0.15, 0.2) is 36.4 Å². The number of ether oxygens (including phenoxy) is 1. The molecule has 5 nitrogen and oxygen atoms in total. The summed E-state index contributed by atoms with van der Waals surface area (Å²) in [5.41, 5.74) is 9.07. The summed E-state index contributed by atoms with van der Waals surface area (Å²) in [6, 6.07) is 10.8. The van der Waals surface area contributed by atoms with Crippen molar-refractivity contribution in [2.75, 3.05) is 5.32 Å². The van der Waals surface area contributed by atoms with Crippen molar-refractivity contribution in [2.24, 2.45) is 5.73 Å². The molecule has 2 aromatic carbocycles. The Morgan fingerprint density at radius 2 is 1.76 bits per heavy atom. The van der Waals surface area contributed by atoms with E-state index in [1.165, 1.54) is 0 Å². The third-order valence-corrected chi connectivity index (χ3v) is 4.34.